The van der Waals surface area contributed by atoms with Crippen molar-refractivity contribution in [2.45, 2.75) is 4.90 Å². The lowest BCUT2D eigenvalue weighted by molar-refractivity contribution is 0.569. The van der Waals surface area contributed by atoms with Gasteiger partial charge in [-0.3, -0.25) is 9.71 Å². The number of nitrogen functional groups attached to an aromatic ring is 1. The van der Waals surface area contributed by atoms with E-state index >= 15 is 0 Å². The van der Waals surface area contributed by atoms with Crippen LogP contribution in [-0.2, 0) is 10.0 Å². The van der Waals surface area contributed by atoms with Gasteiger partial charge in [0.05, 0.1) is 11.9 Å². The third-order valence-electron chi connectivity index (χ3n) is 2.36. The van der Waals surface area contributed by atoms with E-state index in [-0.39, 0.29) is 15.8 Å². The van der Waals surface area contributed by atoms with Crippen molar-refractivity contribution in [3.8, 4) is 0 Å². The van der Waals surface area contributed by atoms with Gasteiger partial charge in [0.25, 0.3) is 10.0 Å². The van der Waals surface area contributed by atoms with E-state index in [1.54, 1.807) is 0 Å². The third-order valence-corrected chi connectivity index (χ3v) is 4.42. The molecule has 0 saturated heterocycles. The largest absolute Gasteiger partial charge is 0.398 e. The Labute approximate surface area is 122 Å². The molecule has 0 aliphatic heterocycles. The second-order valence-electron chi connectivity index (χ2n) is 3.77. The van der Waals surface area contributed by atoms with Gasteiger partial charge in [0, 0.05) is 16.4 Å². The van der Waals surface area contributed by atoms with Crippen LogP contribution in [0.3, 0.4) is 0 Å². The highest BCUT2D eigenvalue weighted by atomic mass is 79.9. The van der Waals surface area contributed by atoms with Crippen LogP contribution in [0, 0.1) is 11.6 Å². The predicted octanol–water partition coefficient (Wildman–Crippen LogP) is 2.51. The summed E-state index contributed by atoms with van der Waals surface area (Å²) in [5.41, 5.74) is 5.23. The number of nitrogens with two attached hydrogens (primary N) is 1. The lowest BCUT2D eigenvalue weighted by atomic mass is 10.3. The van der Waals surface area contributed by atoms with Crippen LogP contribution in [0.5, 0.6) is 0 Å². The SMILES string of the molecule is Nc1cc(S(=O)(=O)Nc2ccncc2F)c(F)cc1Br. The second kappa shape index (κ2) is 5.33. The Kier molecular flexibility index (Phi) is 3.91. The molecule has 1 aromatic heterocycles. The summed E-state index contributed by atoms with van der Waals surface area (Å²) >= 11 is 2.98. The normalized spacial score (nSPS) is 11.3. The molecule has 1 heterocycles. The molecule has 0 atom stereocenters. The van der Waals surface area contributed by atoms with E-state index in [1.807, 2.05) is 4.72 Å². The lowest BCUT2D eigenvalue weighted by Gasteiger charge is -2.10. The lowest BCUT2D eigenvalue weighted by Crippen LogP contribution is -2.16. The summed E-state index contributed by atoms with van der Waals surface area (Å²) in [5, 5.41) is 0. The van der Waals surface area contributed by atoms with Crippen LogP contribution < -0.4 is 10.5 Å². The van der Waals surface area contributed by atoms with Crippen LogP contribution in [0.25, 0.3) is 0 Å². The Morgan fingerprint density at radius 2 is 1.95 bits per heavy atom. The van der Waals surface area contributed by atoms with E-state index in [1.165, 1.54) is 6.20 Å². The minimum absolute atomic E-state index is 0.0435. The van der Waals surface area contributed by atoms with Gasteiger partial charge >= 0.3 is 0 Å². The topological polar surface area (TPSA) is 85.1 Å². The number of hydrogen-bond donors (Lipinski definition) is 2. The minimum Gasteiger partial charge on any atom is -0.398 e. The van der Waals surface area contributed by atoms with Crippen molar-refractivity contribution in [1.82, 2.24) is 4.98 Å². The summed E-state index contributed by atoms with van der Waals surface area (Å²) in [6, 6.07) is 2.99. The fourth-order valence-electron chi connectivity index (χ4n) is 1.41. The zero-order valence-corrected chi connectivity index (χ0v) is 12.2. The molecule has 0 amide bonds. The number of pyridine rings is 1. The minimum atomic E-state index is -4.30. The zero-order chi connectivity index (χ0) is 14.9. The van der Waals surface area contributed by atoms with Crippen molar-refractivity contribution >= 4 is 37.3 Å². The van der Waals surface area contributed by atoms with E-state index in [9.17, 15) is 17.2 Å². The summed E-state index contributed by atoms with van der Waals surface area (Å²) in [4.78, 5) is 2.81. The average Bonchev–Trinajstić information content (AvgIpc) is 2.36. The zero-order valence-electron chi connectivity index (χ0n) is 9.77. The summed E-state index contributed by atoms with van der Waals surface area (Å²) < 4.78 is 53.3. The van der Waals surface area contributed by atoms with Crippen molar-refractivity contribution in [2.24, 2.45) is 0 Å². The molecule has 0 aliphatic carbocycles. The monoisotopic (exact) mass is 363 g/mol. The first kappa shape index (κ1) is 14.7. The highest BCUT2D eigenvalue weighted by molar-refractivity contribution is 9.10. The molecule has 0 fully saturated rings. The maximum atomic E-state index is 13.7. The number of hydrogen-bond acceptors (Lipinski definition) is 4. The molecule has 0 aliphatic rings. The molecular weight excluding hydrogens is 356 g/mol. The number of anilines is 2. The molecule has 1 aromatic carbocycles. The molecule has 20 heavy (non-hydrogen) atoms. The maximum Gasteiger partial charge on any atom is 0.264 e. The molecule has 106 valence electrons. The number of sulfonamides is 1. The van der Waals surface area contributed by atoms with Gasteiger partial charge in [0.1, 0.15) is 10.7 Å². The van der Waals surface area contributed by atoms with Gasteiger partial charge in [-0.1, -0.05) is 0 Å². The molecule has 0 bridgehead atoms. The van der Waals surface area contributed by atoms with Gasteiger partial charge in [-0.15, -0.1) is 0 Å². The third kappa shape index (κ3) is 2.88. The number of rotatable bonds is 3. The first-order chi connectivity index (χ1) is 9.31. The standard InChI is InChI=1S/C11H8BrF2N3O2S/c12-6-3-7(13)11(4-9(6)15)20(18,19)17-10-1-2-16-5-8(10)14/h1-5H,15H2,(H,16,17). The molecule has 9 heteroatoms. The van der Waals surface area contributed by atoms with Crippen LogP contribution in [-0.4, -0.2) is 13.4 Å². The summed E-state index contributed by atoms with van der Waals surface area (Å²) in [6.07, 6.45) is 2.04. The van der Waals surface area contributed by atoms with Crippen LogP contribution in [0.2, 0.25) is 0 Å². The fourth-order valence-corrected chi connectivity index (χ4v) is 2.89. The van der Waals surface area contributed by atoms with Crippen LogP contribution in [0.15, 0.2) is 40.0 Å². The van der Waals surface area contributed by atoms with Gasteiger partial charge in [0.15, 0.2) is 5.82 Å². The van der Waals surface area contributed by atoms with E-state index < -0.39 is 26.6 Å². The molecule has 5 nitrogen and oxygen atoms in total. The van der Waals surface area contributed by atoms with Gasteiger partial charge < -0.3 is 5.73 Å². The first-order valence-electron chi connectivity index (χ1n) is 5.18. The van der Waals surface area contributed by atoms with Crippen molar-refractivity contribution in [1.29, 1.82) is 0 Å². The number of benzene rings is 1. The quantitative estimate of drug-likeness (QED) is 0.820. The molecule has 0 saturated carbocycles. The smallest absolute Gasteiger partial charge is 0.264 e. The molecule has 0 radical (unpaired) electrons. The second-order valence-corrected chi connectivity index (χ2v) is 6.27. The summed E-state index contributed by atoms with van der Waals surface area (Å²) in [7, 11) is -4.30. The number of nitrogens with one attached hydrogen (secondary N) is 1. The molecule has 0 unspecified atom stereocenters. The molecule has 3 N–H and O–H groups in total. The Balaban J connectivity index is 2.47. The van der Waals surface area contributed by atoms with Crippen molar-refractivity contribution < 1.29 is 17.2 Å². The van der Waals surface area contributed by atoms with E-state index in [4.69, 9.17) is 5.73 Å². The van der Waals surface area contributed by atoms with E-state index in [0.717, 1.165) is 24.4 Å². The maximum absolute atomic E-state index is 13.7. The number of halogens is 3. The van der Waals surface area contributed by atoms with E-state index in [0.29, 0.717) is 0 Å². The van der Waals surface area contributed by atoms with Crippen molar-refractivity contribution in [2.75, 3.05) is 10.5 Å². The van der Waals surface area contributed by atoms with Crippen LogP contribution in [0.4, 0.5) is 20.2 Å². The summed E-state index contributed by atoms with van der Waals surface area (Å²) in [6.45, 7) is 0. The Morgan fingerprint density at radius 1 is 1.25 bits per heavy atom. The Bertz CT molecular complexity index is 768. The molecular formula is C11H8BrF2N3O2S. The van der Waals surface area contributed by atoms with Gasteiger partial charge in [-0.05, 0) is 34.1 Å². The number of nitrogens with zero attached hydrogens (tertiary/aromatic N) is 1. The van der Waals surface area contributed by atoms with Crippen molar-refractivity contribution in [3.63, 3.8) is 0 Å². The van der Waals surface area contributed by atoms with Gasteiger partial charge in [-0.2, -0.15) is 0 Å². The number of aromatic nitrogens is 1. The van der Waals surface area contributed by atoms with Crippen molar-refractivity contribution in [3.05, 3.63) is 46.7 Å². The van der Waals surface area contributed by atoms with Gasteiger partial charge in [-0.25, -0.2) is 17.2 Å². The van der Waals surface area contributed by atoms with E-state index in [2.05, 4.69) is 20.9 Å². The highest BCUT2D eigenvalue weighted by Crippen LogP contribution is 2.27. The van der Waals surface area contributed by atoms with Crippen LogP contribution in [0.1, 0.15) is 0 Å². The summed E-state index contributed by atoms with van der Waals surface area (Å²) in [5.74, 6) is -1.88. The first-order valence-corrected chi connectivity index (χ1v) is 7.46. The van der Waals surface area contributed by atoms with Crippen LogP contribution >= 0.6 is 15.9 Å². The predicted molar refractivity (Wildman–Crippen MR) is 73.5 cm³/mol. The molecule has 0 spiro atoms. The Morgan fingerprint density at radius 3 is 2.60 bits per heavy atom. The average molecular weight is 364 g/mol. The molecule has 2 aromatic rings. The highest BCUT2D eigenvalue weighted by Gasteiger charge is 2.22. The fraction of sp³-hybridized carbons (Fsp3) is 0. The molecule has 2 rings (SSSR count). The van der Waals surface area contributed by atoms with Gasteiger partial charge in [0.2, 0.25) is 0 Å². The Hall–Kier alpha value is -1.74.